The van der Waals surface area contributed by atoms with Gasteiger partial charge in [-0.2, -0.15) is 0 Å². The van der Waals surface area contributed by atoms with Crippen molar-refractivity contribution in [1.29, 1.82) is 0 Å². The van der Waals surface area contributed by atoms with E-state index in [2.05, 4.69) is 21.2 Å². The molecule has 148 valence electrons. The summed E-state index contributed by atoms with van der Waals surface area (Å²) in [6.07, 6.45) is 0.332. The lowest BCUT2D eigenvalue weighted by atomic mass is 9.95. The summed E-state index contributed by atoms with van der Waals surface area (Å²) in [6.45, 7) is 2.01. The molecule has 5 nitrogen and oxygen atoms in total. The summed E-state index contributed by atoms with van der Waals surface area (Å²) in [5.74, 6) is 0.102. The predicted molar refractivity (Wildman–Crippen MR) is 121 cm³/mol. The van der Waals surface area contributed by atoms with E-state index in [1.165, 1.54) is 0 Å². The number of halogens is 1. The lowest BCUT2D eigenvalue weighted by molar-refractivity contribution is -0.117. The number of aromatic nitrogens is 2. The minimum atomic E-state index is -0.394. The van der Waals surface area contributed by atoms with Crippen molar-refractivity contribution < 1.29 is 4.79 Å². The Kier molecular flexibility index (Phi) is 4.51. The molecule has 0 saturated carbocycles. The first kappa shape index (κ1) is 18.8. The van der Waals surface area contributed by atoms with Crippen LogP contribution in [-0.2, 0) is 11.2 Å². The molecule has 3 aromatic carbocycles. The van der Waals surface area contributed by atoms with E-state index < -0.39 is 5.92 Å². The zero-order chi connectivity index (χ0) is 20.8. The van der Waals surface area contributed by atoms with Crippen LogP contribution in [0.5, 0.6) is 0 Å². The lowest BCUT2D eigenvalue weighted by Gasteiger charge is -2.16. The Morgan fingerprint density at radius 1 is 1.03 bits per heavy atom. The van der Waals surface area contributed by atoms with Crippen molar-refractivity contribution in [3.8, 4) is 5.69 Å². The first-order valence-electron chi connectivity index (χ1n) is 9.69. The van der Waals surface area contributed by atoms with Crippen molar-refractivity contribution in [3.63, 3.8) is 0 Å². The van der Waals surface area contributed by atoms with Crippen LogP contribution < -0.4 is 10.9 Å². The van der Waals surface area contributed by atoms with Crippen molar-refractivity contribution >= 4 is 38.4 Å². The molecular weight excluding hydrogens is 442 g/mol. The maximum Gasteiger partial charge on any atom is 0.265 e. The zero-order valence-corrected chi connectivity index (χ0v) is 17.8. The molecule has 5 rings (SSSR count). The van der Waals surface area contributed by atoms with Gasteiger partial charge < -0.3 is 5.32 Å². The Hall–Kier alpha value is -3.25. The topological polar surface area (TPSA) is 64.0 Å². The third kappa shape index (κ3) is 3.13. The van der Waals surface area contributed by atoms with Gasteiger partial charge in [0.2, 0.25) is 5.91 Å². The van der Waals surface area contributed by atoms with Crippen LogP contribution in [0.15, 0.2) is 76.0 Å². The summed E-state index contributed by atoms with van der Waals surface area (Å²) in [7, 11) is 0. The number of nitrogens with one attached hydrogen (secondary N) is 1. The summed E-state index contributed by atoms with van der Waals surface area (Å²) >= 11 is 3.44. The van der Waals surface area contributed by atoms with E-state index in [1.54, 1.807) is 10.6 Å². The highest BCUT2D eigenvalue weighted by Gasteiger charge is 2.32. The number of hydrogen-bond acceptors (Lipinski definition) is 3. The summed E-state index contributed by atoms with van der Waals surface area (Å²) in [5.41, 5.74) is 4.08. The van der Waals surface area contributed by atoms with Crippen molar-refractivity contribution in [3.05, 3.63) is 98.5 Å². The number of fused-ring (bicyclic) bond motifs is 2. The number of rotatable bonds is 3. The van der Waals surface area contributed by atoms with Crippen molar-refractivity contribution in [2.45, 2.75) is 19.3 Å². The van der Waals surface area contributed by atoms with Gasteiger partial charge in [-0.1, -0.05) is 45.8 Å². The number of carbonyl (C=O) groups is 1. The Bertz CT molecular complexity index is 1360. The quantitative estimate of drug-likeness (QED) is 0.481. The van der Waals surface area contributed by atoms with Gasteiger partial charge in [0.1, 0.15) is 5.82 Å². The maximum absolute atomic E-state index is 13.4. The Labute approximate surface area is 181 Å². The SMILES string of the molecule is Cc1ccc2c(c1)[C@H](Cc1nc3ccccc3c(=O)n1-c1ccc(Br)cc1)C(=O)N2. The first-order chi connectivity index (χ1) is 14.5. The first-order valence-corrected chi connectivity index (χ1v) is 10.5. The van der Waals surface area contributed by atoms with Crippen LogP contribution in [-0.4, -0.2) is 15.5 Å². The number of amides is 1. The summed E-state index contributed by atoms with van der Waals surface area (Å²) < 4.78 is 2.55. The van der Waals surface area contributed by atoms with Gasteiger partial charge in [-0.15, -0.1) is 0 Å². The second kappa shape index (κ2) is 7.22. The molecule has 0 fully saturated rings. The zero-order valence-electron chi connectivity index (χ0n) is 16.2. The van der Waals surface area contributed by atoms with Crippen molar-refractivity contribution in [2.75, 3.05) is 5.32 Å². The van der Waals surface area contributed by atoms with Crippen LogP contribution in [0.3, 0.4) is 0 Å². The number of carbonyl (C=O) groups excluding carboxylic acids is 1. The molecule has 4 aromatic rings. The average Bonchev–Trinajstić information content (AvgIpc) is 3.04. The van der Waals surface area contributed by atoms with Gasteiger partial charge in [-0.3, -0.25) is 14.2 Å². The van der Waals surface area contributed by atoms with Crippen LogP contribution in [0, 0.1) is 6.92 Å². The molecule has 1 N–H and O–H groups in total. The lowest BCUT2D eigenvalue weighted by Crippen LogP contribution is -2.26. The number of para-hydroxylation sites is 1. The Balaban J connectivity index is 1.70. The Morgan fingerprint density at radius 3 is 2.60 bits per heavy atom. The molecule has 0 unspecified atom stereocenters. The number of hydrogen-bond donors (Lipinski definition) is 1. The number of benzene rings is 3. The van der Waals surface area contributed by atoms with Crippen LogP contribution in [0.4, 0.5) is 5.69 Å². The molecule has 0 saturated heterocycles. The Morgan fingerprint density at radius 2 is 1.80 bits per heavy atom. The molecule has 2 heterocycles. The van der Waals surface area contributed by atoms with Gasteiger partial charge in [-0.25, -0.2) is 4.98 Å². The fourth-order valence-electron chi connectivity index (χ4n) is 4.00. The third-order valence-electron chi connectivity index (χ3n) is 5.47. The van der Waals surface area contributed by atoms with Crippen LogP contribution in [0.2, 0.25) is 0 Å². The van der Waals surface area contributed by atoms with E-state index in [-0.39, 0.29) is 11.5 Å². The smallest absolute Gasteiger partial charge is 0.265 e. The molecule has 1 aliphatic heterocycles. The minimum absolute atomic E-state index is 0.0691. The van der Waals surface area contributed by atoms with Gasteiger partial charge in [0.25, 0.3) is 5.56 Å². The highest BCUT2D eigenvalue weighted by atomic mass is 79.9. The molecule has 1 atom stereocenters. The monoisotopic (exact) mass is 459 g/mol. The van der Waals surface area contributed by atoms with Crippen LogP contribution in [0.1, 0.15) is 22.9 Å². The van der Waals surface area contributed by atoms with Gasteiger partial charge in [0, 0.05) is 16.6 Å². The summed E-state index contributed by atoms with van der Waals surface area (Å²) in [4.78, 5) is 31.0. The third-order valence-corrected chi connectivity index (χ3v) is 6.00. The van der Waals surface area contributed by atoms with Crippen molar-refractivity contribution in [2.24, 2.45) is 0 Å². The highest BCUT2D eigenvalue weighted by molar-refractivity contribution is 9.10. The second-order valence-electron chi connectivity index (χ2n) is 7.50. The van der Waals surface area contributed by atoms with Gasteiger partial charge in [0.05, 0.1) is 22.5 Å². The fourth-order valence-corrected chi connectivity index (χ4v) is 4.27. The van der Waals surface area contributed by atoms with E-state index >= 15 is 0 Å². The molecule has 0 aliphatic carbocycles. The minimum Gasteiger partial charge on any atom is -0.325 e. The highest BCUT2D eigenvalue weighted by Crippen LogP contribution is 2.35. The number of nitrogens with zero attached hydrogens (tertiary/aromatic N) is 2. The standard InChI is InChI=1S/C24H18BrN3O2/c1-14-6-11-21-18(12-14)19(23(29)27-21)13-22-26-20-5-3-2-4-17(20)24(30)28(22)16-9-7-15(25)8-10-16/h2-12,19H,13H2,1H3,(H,27,29)/t19-/m0/s1. The fraction of sp³-hybridized carbons (Fsp3) is 0.125. The van der Waals surface area contributed by atoms with Crippen LogP contribution >= 0.6 is 15.9 Å². The largest absolute Gasteiger partial charge is 0.325 e. The van der Waals surface area contributed by atoms with Gasteiger partial charge >= 0.3 is 0 Å². The molecule has 1 aliphatic rings. The average molecular weight is 460 g/mol. The van der Waals surface area contributed by atoms with Gasteiger partial charge in [-0.05, 0) is 55.0 Å². The van der Waals surface area contributed by atoms with E-state index in [9.17, 15) is 9.59 Å². The maximum atomic E-state index is 13.4. The van der Waals surface area contributed by atoms with Crippen molar-refractivity contribution in [1.82, 2.24) is 9.55 Å². The second-order valence-corrected chi connectivity index (χ2v) is 8.41. The molecule has 30 heavy (non-hydrogen) atoms. The molecular formula is C24H18BrN3O2. The van der Waals surface area contributed by atoms with E-state index in [4.69, 9.17) is 4.98 Å². The van der Waals surface area contributed by atoms with Gasteiger partial charge in [0.15, 0.2) is 0 Å². The van der Waals surface area contributed by atoms with E-state index in [0.717, 1.165) is 27.0 Å². The molecule has 6 heteroatoms. The molecule has 0 spiro atoms. The normalized spacial score (nSPS) is 15.3. The van der Waals surface area contributed by atoms with Crippen LogP contribution in [0.25, 0.3) is 16.6 Å². The molecule has 1 amide bonds. The number of aryl methyl sites for hydroxylation is 1. The molecule has 0 radical (unpaired) electrons. The molecule has 1 aromatic heterocycles. The number of anilines is 1. The summed E-state index contributed by atoms with van der Waals surface area (Å²) in [5, 5.41) is 3.51. The predicted octanol–water partition coefficient (Wildman–Crippen LogP) is 4.74. The van der Waals surface area contributed by atoms with E-state index in [0.29, 0.717) is 23.1 Å². The summed E-state index contributed by atoms with van der Waals surface area (Å²) in [6, 6.07) is 20.8. The van der Waals surface area contributed by atoms with E-state index in [1.807, 2.05) is 67.6 Å². The molecule has 0 bridgehead atoms.